The number of piperazine rings is 1. The second-order valence-corrected chi connectivity index (χ2v) is 5.55. The van der Waals surface area contributed by atoms with Crippen LogP contribution in [0.5, 0.6) is 0 Å². The highest BCUT2D eigenvalue weighted by Gasteiger charge is 2.20. The van der Waals surface area contributed by atoms with E-state index in [1.165, 1.54) is 0 Å². The van der Waals surface area contributed by atoms with E-state index in [1.54, 1.807) is 6.20 Å². The van der Waals surface area contributed by atoms with Crippen molar-refractivity contribution in [3.05, 3.63) is 61.1 Å². The van der Waals surface area contributed by atoms with E-state index in [2.05, 4.69) is 32.0 Å². The van der Waals surface area contributed by atoms with E-state index in [0.29, 0.717) is 0 Å². The summed E-state index contributed by atoms with van der Waals surface area (Å²) < 4.78 is 0. The van der Waals surface area contributed by atoms with Gasteiger partial charge in [-0.25, -0.2) is 0 Å². The fourth-order valence-electron chi connectivity index (χ4n) is 2.93. The molecule has 1 aliphatic rings. The molecule has 0 amide bonds. The summed E-state index contributed by atoms with van der Waals surface area (Å²) in [5.41, 5.74) is 2.94. The van der Waals surface area contributed by atoms with Crippen LogP contribution in [-0.4, -0.2) is 34.8 Å². The number of aromatic nitrogens is 3. The molecule has 5 nitrogen and oxygen atoms in total. The standard InChI is InChI=1S/C18H17N5/c1-13-11-20-9-10-23(13)18-16-12-19-8-7-15(16)17(21-22-18)14-5-3-2-4-6-14/h2-8,12,20H,1,9-11H2. The first-order chi connectivity index (χ1) is 11.3. The number of rotatable bonds is 2. The van der Waals surface area contributed by atoms with E-state index in [-0.39, 0.29) is 0 Å². The van der Waals surface area contributed by atoms with Gasteiger partial charge in [0.1, 0.15) is 5.69 Å². The Morgan fingerprint density at radius 2 is 1.91 bits per heavy atom. The van der Waals surface area contributed by atoms with Crippen LogP contribution in [0.3, 0.4) is 0 Å². The number of benzene rings is 1. The lowest BCUT2D eigenvalue weighted by atomic mass is 10.1. The number of nitrogens with zero attached hydrogens (tertiary/aromatic N) is 4. The Balaban J connectivity index is 1.91. The second-order valence-electron chi connectivity index (χ2n) is 5.55. The maximum Gasteiger partial charge on any atom is 0.165 e. The Bertz CT molecular complexity index is 860. The third-order valence-corrected chi connectivity index (χ3v) is 4.09. The van der Waals surface area contributed by atoms with Gasteiger partial charge in [0, 0.05) is 54.1 Å². The molecule has 1 saturated heterocycles. The number of pyridine rings is 1. The van der Waals surface area contributed by atoms with E-state index in [4.69, 9.17) is 0 Å². The first kappa shape index (κ1) is 13.8. The number of fused-ring (bicyclic) bond motifs is 1. The zero-order valence-electron chi connectivity index (χ0n) is 12.7. The van der Waals surface area contributed by atoms with Crippen LogP contribution < -0.4 is 10.2 Å². The molecular formula is C18H17N5. The highest BCUT2D eigenvalue weighted by atomic mass is 15.3. The maximum absolute atomic E-state index is 4.51. The lowest BCUT2D eigenvalue weighted by Crippen LogP contribution is -2.41. The Hall–Kier alpha value is -2.79. The van der Waals surface area contributed by atoms with Gasteiger partial charge in [0.05, 0.1) is 0 Å². The van der Waals surface area contributed by atoms with Crippen LogP contribution >= 0.6 is 0 Å². The number of anilines is 1. The molecule has 23 heavy (non-hydrogen) atoms. The monoisotopic (exact) mass is 303 g/mol. The van der Waals surface area contributed by atoms with Gasteiger partial charge in [0.2, 0.25) is 0 Å². The fourth-order valence-corrected chi connectivity index (χ4v) is 2.93. The highest BCUT2D eigenvalue weighted by Crippen LogP contribution is 2.31. The first-order valence-electron chi connectivity index (χ1n) is 7.66. The summed E-state index contributed by atoms with van der Waals surface area (Å²) in [4.78, 5) is 6.42. The smallest absolute Gasteiger partial charge is 0.165 e. The van der Waals surface area contributed by atoms with Crippen LogP contribution in [-0.2, 0) is 0 Å². The molecular weight excluding hydrogens is 286 g/mol. The van der Waals surface area contributed by atoms with Gasteiger partial charge >= 0.3 is 0 Å². The average molecular weight is 303 g/mol. The molecule has 0 spiro atoms. The van der Waals surface area contributed by atoms with E-state index >= 15 is 0 Å². The van der Waals surface area contributed by atoms with Crippen molar-refractivity contribution in [1.82, 2.24) is 20.5 Å². The summed E-state index contributed by atoms with van der Waals surface area (Å²) in [5.74, 6) is 0.833. The predicted molar refractivity (Wildman–Crippen MR) is 92.1 cm³/mol. The van der Waals surface area contributed by atoms with Crippen molar-refractivity contribution in [2.24, 2.45) is 0 Å². The van der Waals surface area contributed by atoms with Crippen molar-refractivity contribution in [3.63, 3.8) is 0 Å². The third kappa shape index (κ3) is 2.45. The maximum atomic E-state index is 4.51. The third-order valence-electron chi connectivity index (χ3n) is 4.09. The summed E-state index contributed by atoms with van der Waals surface area (Å²) in [6.45, 7) is 6.64. The van der Waals surface area contributed by atoms with Gasteiger partial charge in [-0.05, 0) is 6.07 Å². The largest absolute Gasteiger partial charge is 0.326 e. The van der Waals surface area contributed by atoms with Crippen LogP contribution in [0, 0.1) is 0 Å². The van der Waals surface area contributed by atoms with Gasteiger partial charge in [-0.3, -0.25) is 4.98 Å². The molecule has 0 bridgehead atoms. The highest BCUT2D eigenvalue weighted by molar-refractivity contribution is 6.00. The van der Waals surface area contributed by atoms with E-state index in [1.807, 2.05) is 42.6 Å². The van der Waals surface area contributed by atoms with E-state index in [9.17, 15) is 0 Å². The van der Waals surface area contributed by atoms with Gasteiger partial charge in [0.15, 0.2) is 5.82 Å². The Kier molecular flexibility index (Phi) is 3.48. The molecule has 0 saturated carbocycles. The molecule has 0 radical (unpaired) electrons. The minimum Gasteiger partial charge on any atom is -0.326 e. The topological polar surface area (TPSA) is 53.9 Å². The van der Waals surface area contributed by atoms with Gasteiger partial charge < -0.3 is 10.2 Å². The van der Waals surface area contributed by atoms with Crippen molar-refractivity contribution in [3.8, 4) is 11.3 Å². The molecule has 1 aliphatic heterocycles. The van der Waals surface area contributed by atoms with Gasteiger partial charge in [-0.2, -0.15) is 0 Å². The van der Waals surface area contributed by atoms with Gasteiger partial charge in [-0.15, -0.1) is 10.2 Å². The lowest BCUT2D eigenvalue weighted by molar-refractivity contribution is 0.643. The zero-order valence-corrected chi connectivity index (χ0v) is 12.7. The van der Waals surface area contributed by atoms with Crippen LogP contribution in [0.1, 0.15) is 0 Å². The number of hydrogen-bond acceptors (Lipinski definition) is 5. The van der Waals surface area contributed by atoms with E-state index < -0.39 is 0 Å². The van der Waals surface area contributed by atoms with Gasteiger partial charge in [0.25, 0.3) is 0 Å². The van der Waals surface area contributed by atoms with Crippen LogP contribution in [0.25, 0.3) is 22.0 Å². The summed E-state index contributed by atoms with van der Waals surface area (Å²) in [6.07, 6.45) is 3.66. The van der Waals surface area contributed by atoms with Gasteiger partial charge in [-0.1, -0.05) is 36.9 Å². The number of hydrogen-bond donors (Lipinski definition) is 1. The van der Waals surface area contributed by atoms with Crippen LogP contribution in [0.15, 0.2) is 61.1 Å². The Morgan fingerprint density at radius 1 is 1.04 bits per heavy atom. The average Bonchev–Trinajstić information content (AvgIpc) is 2.62. The molecule has 2 aromatic heterocycles. The molecule has 3 heterocycles. The first-order valence-corrected chi connectivity index (χ1v) is 7.66. The van der Waals surface area contributed by atoms with Crippen molar-refractivity contribution >= 4 is 16.6 Å². The summed E-state index contributed by atoms with van der Waals surface area (Å²) >= 11 is 0. The predicted octanol–water partition coefficient (Wildman–Crippen LogP) is 2.62. The van der Waals surface area contributed by atoms with Crippen molar-refractivity contribution in [2.75, 3.05) is 24.5 Å². The normalized spacial score (nSPS) is 15.1. The second kappa shape index (κ2) is 5.78. The number of nitrogens with one attached hydrogen (secondary N) is 1. The van der Waals surface area contributed by atoms with Crippen LogP contribution in [0.2, 0.25) is 0 Å². The zero-order chi connectivity index (χ0) is 15.6. The molecule has 4 rings (SSSR count). The lowest BCUT2D eigenvalue weighted by Gasteiger charge is -2.31. The summed E-state index contributed by atoms with van der Waals surface area (Å²) in [6, 6.07) is 12.1. The minimum absolute atomic E-state index is 0.768. The van der Waals surface area contributed by atoms with Crippen molar-refractivity contribution < 1.29 is 0 Å². The molecule has 1 aromatic carbocycles. The quantitative estimate of drug-likeness (QED) is 0.788. The van der Waals surface area contributed by atoms with E-state index in [0.717, 1.165) is 53.2 Å². The Labute approximate surface area is 134 Å². The Morgan fingerprint density at radius 3 is 2.74 bits per heavy atom. The molecule has 3 aromatic rings. The molecule has 0 unspecified atom stereocenters. The SMILES string of the molecule is C=C1CNCCN1c1nnc(-c2ccccc2)c2ccncc12. The van der Waals surface area contributed by atoms with Crippen molar-refractivity contribution in [1.29, 1.82) is 0 Å². The van der Waals surface area contributed by atoms with Crippen LogP contribution in [0.4, 0.5) is 5.82 Å². The van der Waals surface area contributed by atoms with Crippen molar-refractivity contribution in [2.45, 2.75) is 0 Å². The molecule has 5 heteroatoms. The fraction of sp³-hybridized carbons (Fsp3) is 0.167. The summed E-state index contributed by atoms with van der Waals surface area (Å²) in [5, 5.41) is 14.4. The molecule has 0 aliphatic carbocycles. The molecule has 1 N–H and O–H groups in total. The summed E-state index contributed by atoms with van der Waals surface area (Å²) in [7, 11) is 0. The molecule has 114 valence electrons. The minimum atomic E-state index is 0.768. The molecule has 0 atom stereocenters. The molecule has 1 fully saturated rings.